The fraction of sp³-hybridized carbons (Fsp3) is 0.0870. The average molecular weight is 359 g/mol. The minimum atomic E-state index is -0.155. The van der Waals surface area contributed by atoms with Crippen LogP contribution in [-0.4, -0.2) is 20.1 Å². The summed E-state index contributed by atoms with van der Waals surface area (Å²) < 4.78 is 10.7. The van der Waals surface area contributed by atoms with Gasteiger partial charge in [-0.15, -0.1) is 0 Å². The highest BCUT2D eigenvalue weighted by Crippen LogP contribution is 2.32. The Hall–Kier alpha value is -3.53. The maximum Gasteiger partial charge on any atom is 0.255 e. The Kier molecular flexibility index (Phi) is 5.90. The number of hydrogen-bond acceptors (Lipinski definition) is 3. The van der Waals surface area contributed by atoms with Gasteiger partial charge in [0.1, 0.15) is 0 Å². The predicted molar refractivity (Wildman–Crippen MR) is 109 cm³/mol. The topological polar surface area (TPSA) is 38.8 Å². The largest absolute Gasteiger partial charge is 0.493 e. The van der Waals surface area contributed by atoms with Crippen molar-refractivity contribution in [3.05, 3.63) is 90.5 Å². The summed E-state index contributed by atoms with van der Waals surface area (Å²) >= 11 is 0. The number of nitrogens with zero attached hydrogens (tertiary/aromatic N) is 1. The number of methoxy groups -OCH3 is 2. The standard InChI is InChI=1S/C23H21NO3/c1-26-21-15-9-10-18(23(21)27-2)16-17-22(25)24(19-11-5-3-6-12-19)20-13-7-4-8-14-20/h3-17H,1-2H3/b17-16+. The summed E-state index contributed by atoms with van der Waals surface area (Å²) in [6, 6.07) is 24.7. The smallest absolute Gasteiger partial charge is 0.255 e. The van der Waals surface area contributed by atoms with Gasteiger partial charge in [0.15, 0.2) is 11.5 Å². The first-order valence-electron chi connectivity index (χ1n) is 8.58. The Labute approximate surface area is 159 Å². The lowest BCUT2D eigenvalue weighted by Crippen LogP contribution is -2.23. The molecule has 1 amide bonds. The van der Waals surface area contributed by atoms with Crippen LogP contribution in [0.2, 0.25) is 0 Å². The summed E-state index contributed by atoms with van der Waals surface area (Å²) in [6.45, 7) is 0. The highest BCUT2D eigenvalue weighted by molar-refractivity contribution is 6.09. The second-order valence-electron chi connectivity index (χ2n) is 5.76. The molecule has 0 saturated heterocycles. The van der Waals surface area contributed by atoms with Crippen molar-refractivity contribution >= 4 is 23.4 Å². The van der Waals surface area contributed by atoms with E-state index in [2.05, 4.69) is 0 Å². The minimum absolute atomic E-state index is 0.155. The SMILES string of the molecule is COc1cccc(/C=C/C(=O)N(c2ccccc2)c2ccccc2)c1OC. The van der Waals surface area contributed by atoms with Crippen molar-refractivity contribution in [2.75, 3.05) is 19.1 Å². The number of carbonyl (C=O) groups excluding carboxylic acids is 1. The molecule has 0 radical (unpaired) electrons. The molecule has 0 saturated carbocycles. The molecule has 0 bridgehead atoms. The first-order valence-corrected chi connectivity index (χ1v) is 8.58. The Morgan fingerprint density at radius 2 is 1.37 bits per heavy atom. The van der Waals surface area contributed by atoms with E-state index in [-0.39, 0.29) is 5.91 Å². The van der Waals surface area contributed by atoms with E-state index in [1.54, 1.807) is 25.2 Å². The maximum atomic E-state index is 13.0. The van der Waals surface area contributed by atoms with Gasteiger partial charge in [-0.1, -0.05) is 48.5 Å². The molecule has 4 nitrogen and oxygen atoms in total. The van der Waals surface area contributed by atoms with E-state index in [4.69, 9.17) is 9.47 Å². The molecule has 0 aliphatic heterocycles. The van der Waals surface area contributed by atoms with E-state index < -0.39 is 0 Å². The van der Waals surface area contributed by atoms with Gasteiger partial charge in [0.25, 0.3) is 5.91 Å². The highest BCUT2D eigenvalue weighted by Gasteiger charge is 2.15. The number of benzene rings is 3. The number of para-hydroxylation sites is 3. The lowest BCUT2D eigenvalue weighted by atomic mass is 10.1. The molecular formula is C23H21NO3. The molecule has 0 aliphatic rings. The van der Waals surface area contributed by atoms with E-state index in [1.165, 1.54) is 6.08 Å². The van der Waals surface area contributed by atoms with Gasteiger partial charge in [0, 0.05) is 23.0 Å². The molecule has 0 heterocycles. The molecule has 3 aromatic carbocycles. The molecule has 3 rings (SSSR count). The lowest BCUT2D eigenvalue weighted by molar-refractivity contribution is -0.113. The molecule has 0 spiro atoms. The number of rotatable bonds is 6. The summed E-state index contributed by atoms with van der Waals surface area (Å²) in [4.78, 5) is 14.7. The summed E-state index contributed by atoms with van der Waals surface area (Å²) in [7, 11) is 3.17. The zero-order valence-corrected chi connectivity index (χ0v) is 15.3. The van der Waals surface area contributed by atoms with Gasteiger partial charge in [-0.2, -0.15) is 0 Å². The Balaban J connectivity index is 1.96. The maximum absolute atomic E-state index is 13.0. The van der Waals surface area contributed by atoms with E-state index in [9.17, 15) is 4.79 Å². The van der Waals surface area contributed by atoms with Gasteiger partial charge < -0.3 is 9.47 Å². The van der Waals surface area contributed by atoms with Crippen LogP contribution in [0.25, 0.3) is 6.08 Å². The normalized spacial score (nSPS) is 10.6. The lowest BCUT2D eigenvalue weighted by Gasteiger charge is -2.21. The van der Waals surface area contributed by atoms with E-state index in [0.29, 0.717) is 11.5 Å². The third kappa shape index (κ3) is 4.18. The Morgan fingerprint density at radius 3 is 1.89 bits per heavy atom. The van der Waals surface area contributed by atoms with Crippen molar-refractivity contribution in [2.45, 2.75) is 0 Å². The molecule has 0 aromatic heterocycles. The van der Waals surface area contributed by atoms with E-state index in [1.807, 2.05) is 78.9 Å². The molecule has 3 aromatic rings. The molecule has 0 N–H and O–H groups in total. The average Bonchev–Trinajstić information content (AvgIpc) is 2.73. The number of hydrogen-bond donors (Lipinski definition) is 0. The Bertz CT molecular complexity index is 881. The van der Waals surface area contributed by atoms with Gasteiger partial charge in [0.05, 0.1) is 14.2 Å². The van der Waals surface area contributed by atoms with Crippen LogP contribution >= 0.6 is 0 Å². The van der Waals surface area contributed by atoms with Crippen LogP contribution in [0.15, 0.2) is 84.9 Å². The molecular weight excluding hydrogens is 338 g/mol. The molecule has 0 unspecified atom stereocenters. The van der Waals surface area contributed by atoms with Crippen molar-refractivity contribution < 1.29 is 14.3 Å². The van der Waals surface area contributed by atoms with Crippen molar-refractivity contribution in [3.8, 4) is 11.5 Å². The van der Waals surface area contributed by atoms with Crippen LogP contribution in [0, 0.1) is 0 Å². The van der Waals surface area contributed by atoms with Crippen LogP contribution in [0.5, 0.6) is 11.5 Å². The molecule has 4 heteroatoms. The van der Waals surface area contributed by atoms with Crippen molar-refractivity contribution in [1.82, 2.24) is 0 Å². The summed E-state index contributed by atoms with van der Waals surface area (Å²) in [6.07, 6.45) is 3.28. The van der Waals surface area contributed by atoms with E-state index in [0.717, 1.165) is 16.9 Å². The fourth-order valence-electron chi connectivity index (χ4n) is 2.84. The fourth-order valence-corrected chi connectivity index (χ4v) is 2.84. The third-order valence-electron chi connectivity index (χ3n) is 4.09. The second kappa shape index (κ2) is 8.72. The number of anilines is 2. The molecule has 0 atom stereocenters. The van der Waals surface area contributed by atoms with Crippen molar-refractivity contribution in [1.29, 1.82) is 0 Å². The quantitative estimate of drug-likeness (QED) is 0.576. The molecule has 0 fully saturated rings. The summed E-state index contributed by atoms with van der Waals surface area (Å²) in [5.41, 5.74) is 2.37. The highest BCUT2D eigenvalue weighted by atomic mass is 16.5. The van der Waals surface area contributed by atoms with Crippen molar-refractivity contribution in [3.63, 3.8) is 0 Å². The number of ether oxygens (including phenoxy) is 2. The molecule has 27 heavy (non-hydrogen) atoms. The van der Waals surface area contributed by atoms with Crippen LogP contribution in [0.4, 0.5) is 11.4 Å². The van der Waals surface area contributed by atoms with E-state index >= 15 is 0 Å². The van der Waals surface area contributed by atoms with Gasteiger partial charge in [-0.3, -0.25) is 9.69 Å². The molecule has 0 aliphatic carbocycles. The van der Waals surface area contributed by atoms with Gasteiger partial charge in [-0.05, 0) is 36.4 Å². The number of amides is 1. The predicted octanol–water partition coefficient (Wildman–Crippen LogP) is 5.08. The number of carbonyl (C=O) groups is 1. The first kappa shape index (κ1) is 18.3. The second-order valence-corrected chi connectivity index (χ2v) is 5.76. The van der Waals surface area contributed by atoms with Gasteiger partial charge in [-0.25, -0.2) is 0 Å². The summed E-state index contributed by atoms with van der Waals surface area (Å²) in [5, 5.41) is 0. The van der Waals surface area contributed by atoms with Crippen molar-refractivity contribution in [2.24, 2.45) is 0 Å². The monoisotopic (exact) mass is 359 g/mol. The zero-order chi connectivity index (χ0) is 19.1. The van der Waals surface area contributed by atoms with Gasteiger partial charge >= 0.3 is 0 Å². The minimum Gasteiger partial charge on any atom is -0.493 e. The van der Waals surface area contributed by atoms with Crippen LogP contribution in [-0.2, 0) is 4.79 Å². The Morgan fingerprint density at radius 1 is 0.778 bits per heavy atom. The zero-order valence-electron chi connectivity index (χ0n) is 15.3. The third-order valence-corrected chi connectivity index (χ3v) is 4.09. The summed E-state index contributed by atoms with van der Waals surface area (Å²) in [5.74, 6) is 1.06. The van der Waals surface area contributed by atoms with Crippen LogP contribution < -0.4 is 14.4 Å². The molecule has 136 valence electrons. The first-order chi connectivity index (χ1) is 13.2. The van der Waals surface area contributed by atoms with Crippen LogP contribution in [0.3, 0.4) is 0 Å². The van der Waals surface area contributed by atoms with Gasteiger partial charge in [0.2, 0.25) is 0 Å². The van der Waals surface area contributed by atoms with Crippen LogP contribution in [0.1, 0.15) is 5.56 Å².